The first-order valence-corrected chi connectivity index (χ1v) is 11.8. The summed E-state index contributed by atoms with van der Waals surface area (Å²) in [7, 11) is 0. The molecular formula is C23H45ClO. The second-order valence-corrected chi connectivity index (χ2v) is 8.35. The van der Waals surface area contributed by atoms with Crippen LogP contribution in [0.25, 0.3) is 0 Å². The fourth-order valence-corrected chi connectivity index (χ4v) is 3.87. The summed E-state index contributed by atoms with van der Waals surface area (Å²) in [5, 5.41) is -0.175. The van der Waals surface area contributed by atoms with E-state index in [9.17, 15) is 4.79 Å². The highest BCUT2D eigenvalue weighted by Gasteiger charge is 2.08. The van der Waals surface area contributed by atoms with E-state index >= 15 is 0 Å². The van der Waals surface area contributed by atoms with Crippen molar-refractivity contribution < 1.29 is 4.79 Å². The summed E-state index contributed by atoms with van der Waals surface area (Å²) in [6.07, 6.45) is 25.1. The van der Waals surface area contributed by atoms with Gasteiger partial charge in [-0.3, -0.25) is 4.79 Å². The first-order chi connectivity index (χ1) is 12.2. The van der Waals surface area contributed by atoms with E-state index in [1.54, 1.807) is 0 Å². The fraction of sp³-hybridized carbons (Fsp3) is 0.957. The Morgan fingerprint density at radius 3 is 1.44 bits per heavy atom. The van der Waals surface area contributed by atoms with Crippen LogP contribution in [0, 0.1) is 5.92 Å². The maximum Gasteiger partial charge on any atom is 0.221 e. The molecule has 0 saturated carbocycles. The predicted molar refractivity (Wildman–Crippen MR) is 113 cm³/mol. The van der Waals surface area contributed by atoms with Crippen molar-refractivity contribution in [2.24, 2.45) is 5.92 Å². The lowest BCUT2D eigenvalue weighted by atomic mass is 9.89. The van der Waals surface area contributed by atoms with E-state index in [0.29, 0.717) is 6.42 Å². The van der Waals surface area contributed by atoms with Gasteiger partial charge in [-0.2, -0.15) is 0 Å². The molecule has 0 fully saturated rings. The number of rotatable bonds is 20. The summed E-state index contributed by atoms with van der Waals surface area (Å²) in [6, 6.07) is 0. The van der Waals surface area contributed by atoms with Crippen LogP contribution >= 0.6 is 11.6 Å². The molecule has 0 heterocycles. The van der Waals surface area contributed by atoms with Crippen LogP contribution in [0.2, 0.25) is 0 Å². The Labute approximate surface area is 163 Å². The van der Waals surface area contributed by atoms with Crippen molar-refractivity contribution in [3.8, 4) is 0 Å². The Balaban J connectivity index is 3.68. The third kappa shape index (κ3) is 20.1. The quantitative estimate of drug-likeness (QED) is 0.154. The van der Waals surface area contributed by atoms with E-state index < -0.39 is 0 Å². The summed E-state index contributed by atoms with van der Waals surface area (Å²) in [5.74, 6) is 0.964. The molecule has 0 saturated heterocycles. The van der Waals surface area contributed by atoms with Gasteiger partial charge in [-0.25, -0.2) is 0 Å². The number of hydrogen-bond donors (Lipinski definition) is 0. The highest BCUT2D eigenvalue weighted by Crippen LogP contribution is 2.24. The smallest absolute Gasteiger partial charge is 0.221 e. The highest BCUT2D eigenvalue weighted by molar-refractivity contribution is 6.63. The van der Waals surface area contributed by atoms with Crippen LogP contribution in [0.5, 0.6) is 0 Å². The van der Waals surface area contributed by atoms with E-state index in [4.69, 9.17) is 11.6 Å². The standard InChI is InChI=1S/C23H45ClO/c1-3-5-7-8-9-11-15-19-22(18-14-6-4-2)20-16-12-10-13-17-21-23(24)25/h22H,3-21H2,1-2H3. The van der Waals surface area contributed by atoms with Gasteiger partial charge >= 0.3 is 0 Å². The molecule has 1 atom stereocenters. The largest absolute Gasteiger partial charge is 0.281 e. The van der Waals surface area contributed by atoms with Gasteiger partial charge in [0.15, 0.2) is 0 Å². The number of hydrogen-bond acceptors (Lipinski definition) is 1. The van der Waals surface area contributed by atoms with Gasteiger partial charge in [0.1, 0.15) is 0 Å². The minimum absolute atomic E-state index is 0.175. The van der Waals surface area contributed by atoms with Crippen LogP contribution < -0.4 is 0 Å². The monoisotopic (exact) mass is 372 g/mol. The molecule has 0 aliphatic heterocycles. The number of carbonyl (C=O) groups excluding carboxylic acids is 1. The average Bonchev–Trinajstić information content (AvgIpc) is 2.59. The van der Waals surface area contributed by atoms with Gasteiger partial charge in [-0.15, -0.1) is 0 Å². The number of carbonyl (C=O) groups is 1. The van der Waals surface area contributed by atoms with E-state index in [-0.39, 0.29) is 5.24 Å². The molecule has 0 amide bonds. The fourth-order valence-electron chi connectivity index (χ4n) is 3.73. The number of halogens is 1. The van der Waals surface area contributed by atoms with Gasteiger partial charge in [0.25, 0.3) is 0 Å². The minimum Gasteiger partial charge on any atom is -0.281 e. The molecule has 0 radical (unpaired) electrons. The van der Waals surface area contributed by atoms with Crippen molar-refractivity contribution in [1.82, 2.24) is 0 Å². The molecule has 25 heavy (non-hydrogen) atoms. The second kappa shape index (κ2) is 20.3. The third-order valence-electron chi connectivity index (χ3n) is 5.42. The van der Waals surface area contributed by atoms with E-state index in [0.717, 1.165) is 18.8 Å². The van der Waals surface area contributed by atoms with Crippen molar-refractivity contribution in [3.05, 3.63) is 0 Å². The zero-order valence-electron chi connectivity index (χ0n) is 17.3. The minimum atomic E-state index is -0.175. The SMILES string of the molecule is CCCCCCCCCC(CCCCC)CCCCCCCC(=O)Cl. The van der Waals surface area contributed by atoms with Gasteiger partial charge in [0.2, 0.25) is 5.24 Å². The normalized spacial score (nSPS) is 12.4. The van der Waals surface area contributed by atoms with Crippen LogP contribution in [0.1, 0.15) is 136 Å². The maximum absolute atomic E-state index is 10.7. The van der Waals surface area contributed by atoms with Crippen molar-refractivity contribution in [3.63, 3.8) is 0 Å². The van der Waals surface area contributed by atoms with Gasteiger partial charge in [0.05, 0.1) is 0 Å². The lowest BCUT2D eigenvalue weighted by Gasteiger charge is -2.17. The van der Waals surface area contributed by atoms with Gasteiger partial charge in [-0.1, -0.05) is 123 Å². The second-order valence-electron chi connectivity index (χ2n) is 7.93. The topological polar surface area (TPSA) is 17.1 Å². The predicted octanol–water partition coefficient (Wildman–Crippen LogP) is 8.82. The molecule has 0 bridgehead atoms. The first kappa shape index (κ1) is 25.0. The Hall–Kier alpha value is -0.0400. The summed E-state index contributed by atoms with van der Waals surface area (Å²) in [5.41, 5.74) is 0. The third-order valence-corrected chi connectivity index (χ3v) is 5.61. The van der Waals surface area contributed by atoms with E-state index in [1.165, 1.54) is 103 Å². The molecule has 0 aliphatic rings. The molecule has 0 N–H and O–H groups in total. The summed E-state index contributed by atoms with van der Waals surface area (Å²) in [6.45, 7) is 4.59. The zero-order valence-corrected chi connectivity index (χ0v) is 18.1. The maximum atomic E-state index is 10.7. The lowest BCUT2D eigenvalue weighted by Crippen LogP contribution is -2.01. The van der Waals surface area contributed by atoms with Crippen molar-refractivity contribution >= 4 is 16.8 Å². The van der Waals surface area contributed by atoms with E-state index in [1.807, 2.05) is 0 Å². The molecule has 0 aromatic rings. The Kier molecular flexibility index (Phi) is 20.2. The zero-order chi connectivity index (χ0) is 18.6. The Morgan fingerprint density at radius 2 is 0.960 bits per heavy atom. The van der Waals surface area contributed by atoms with Gasteiger partial charge in [0, 0.05) is 6.42 Å². The van der Waals surface area contributed by atoms with Crippen molar-refractivity contribution in [2.75, 3.05) is 0 Å². The molecule has 1 nitrogen and oxygen atoms in total. The molecule has 0 aliphatic carbocycles. The van der Waals surface area contributed by atoms with Crippen LogP contribution in [0.4, 0.5) is 0 Å². The van der Waals surface area contributed by atoms with Crippen molar-refractivity contribution in [1.29, 1.82) is 0 Å². The molecule has 0 aromatic carbocycles. The molecule has 150 valence electrons. The molecule has 1 unspecified atom stereocenters. The van der Waals surface area contributed by atoms with Gasteiger partial charge in [-0.05, 0) is 23.9 Å². The van der Waals surface area contributed by atoms with Crippen LogP contribution in [0.3, 0.4) is 0 Å². The Morgan fingerprint density at radius 1 is 0.600 bits per heavy atom. The lowest BCUT2D eigenvalue weighted by molar-refractivity contribution is -0.111. The molecule has 0 spiro atoms. The average molecular weight is 373 g/mol. The van der Waals surface area contributed by atoms with Crippen molar-refractivity contribution in [2.45, 2.75) is 136 Å². The van der Waals surface area contributed by atoms with E-state index in [2.05, 4.69) is 13.8 Å². The van der Waals surface area contributed by atoms with Crippen LogP contribution in [-0.2, 0) is 4.79 Å². The van der Waals surface area contributed by atoms with Crippen LogP contribution in [0.15, 0.2) is 0 Å². The molecule has 0 aromatic heterocycles. The molecule has 0 rings (SSSR count). The summed E-state index contributed by atoms with van der Waals surface area (Å²) >= 11 is 5.38. The molecule has 2 heteroatoms. The number of unbranched alkanes of at least 4 members (excludes halogenated alkanes) is 12. The van der Waals surface area contributed by atoms with Crippen LogP contribution in [-0.4, -0.2) is 5.24 Å². The Bertz CT molecular complexity index is 277. The summed E-state index contributed by atoms with van der Waals surface area (Å²) in [4.78, 5) is 10.7. The summed E-state index contributed by atoms with van der Waals surface area (Å²) < 4.78 is 0. The molecular weight excluding hydrogens is 328 g/mol. The van der Waals surface area contributed by atoms with Gasteiger partial charge < -0.3 is 0 Å². The first-order valence-electron chi connectivity index (χ1n) is 11.4. The highest BCUT2D eigenvalue weighted by atomic mass is 35.5.